The van der Waals surface area contributed by atoms with E-state index < -0.39 is 34.4 Å². The minimum atomic E-state index is -2.14. The second-order valence-electron chi connectivity index (χ2n) is 6.29. The van der Waals surface area contributed by atoms with Crippen LogP contribution in [0.2, 0.25) is 0 Å². The Labute approximate surface area is 166 Å². The predicted molar refractivity (Wildman–Crippen MR) is 100 cm³/mol. The van der Waals surface area contributed by atoms with Crippen LogP contribution in [0.15, 0.2) is 40.5 Å². The minimum Gasteiger partial charge on any atom is -0.466 e. The van der Waals surface area contributed by atoms with Gasteiger partial charge in [0, 0.05) is 24.8 Å². The molecular formula is C19H20N2O8. The van der Waals surface area contributed by atoms with Crippen LogP contribution in [0.4, 0.5) is 5.69 Å². The second kappa shape index (κ2) is 8.21. The topological polar surface area (TPSA) is 134 Å². The molecule has 0 fully saturated rings. The largest absolute Gasteiger partial charge is 0.466 e. The molecule has 1 aromatic carbocycles. The smallest absolute Gasteiger partial charge is 0.357 e. The Morgan fingerprint density at radius 1 is 1.17 bits per heavy atom. The van der Waals surface area contributed by atoms with Gasteiger partial charge in [0.05, 0.1) is 36.3 Å². The highest BCUT2D eigenvalue weighted by Gasteiger charge is 2.58. The van der Waals surface area contributed by atoms with Gasteiger partial charge in [-0.05, 0) is 19.4 Å². The summed E-state index contributed by atoms with van der Waals surface area (Å²) in [5.41, 5.74) is -2.03. The van der Waals surface area contributed by atoms with E-state index >= 15 is 0 Å². The van der Waals surface area contributed by atoms with Crippen LogP contribution in [0, 0.1) is 10.1 Å². The van der Waals surface area contributed by atoms with Crippen molar-refractivity contribution in [3.05, 3.63) is 51.2 Å². The number of rotatable bonds is 5. The molecule has 2 atom stereocenters. The molecule has 1 aliphatic rings. The highest BCUT2D eigenvalue weighted by atomic mass is 16.6. The fourth-order valence-electron chi connectivity index (χ4n) is 3.43. The Hall–Kier alpha value is -3.56. The number of non-ortho nitro benzene ring substituents is 1. The standard InChI is InChI=1S/C19H20N2O8/c1-10-15(17(23)27-4)16(13-7-6-8-14(9-13)21(25)26)19(11(2)20-10,18(24)28-5)29-12(3)22/h6-9,16H,1-5H3. The molecule has 154 valence electrons. The van der Waals surface area contributed by atoms with E-state index in [4.69, 9.17) is 14.2 Å². The number of esters is 3. The summed E-state index contributed by atoms with van der Waals surface area (Å²) in [7, 11) is 2.23. The van der Waals surface area contributed by atoms with Crippen molar-refractivity contribution in [1.29, 1.82) is 0 Å². The Morgan fingerprint density at radius 2 is 1.83 bits per heavy atom. The molecule has 1 aromatic rings. The molecule has 1 aliphatic heterocycles. The van der Waals surface area contributed by atoms with Crippen LogP contribution in [-0.2, 0) is 28.6 Å². The van der Waals surface area contributed by atoms with Crippen molar-refractivity contribution in [3.8, 4) is 0 Å². The first-order valence-electron chi connectivity index (χ1n) is 8.47. The van der Waals surface area contributed by atoms with Gasteiger partial charge in [-0.25, -0.2) is 9.59 Å². The summed E-state index contributed by atoms with van der Waals surface area (Å²) in [6.07, 6.45) is 0. The van der Waals surface area contributed by atoms with E-state index in [1.165, 1.54) is 38.1 Å². The summed E-state index contributed by atoms with van der Waals surface area (Å²) in [4.78, 5) is 52.3. The number of benzene rings is 1. The summed E-state index contributed by atoms with van der Waals surface area (Å²) in [5, 5.41) is 11.3. The predicted octanol–water partition coefficient (Wildman–Crippen LogP) is 2.07. The van der Waals surface area contributed by atoms with E-state index in [-0.39, 0.29) is 28.2 Å². The molecule has 2 unspecified atom stereocenters. The zero-order valence-corrected chi connectivity index (χ0v) is 16.5. The lowest BCUT2D eigenvalue weighted by Gasteiger charge is -2.40. The fraction of sp³-hybridized carbons (Fsp3) is 0.368. The van der Waals surface area contributed by atoms with Gasteiger partial charge >= 0.3 is 17.9 Å². The van der Waals surface area contributed by atoms with Crippen molar-refractivity contribution >= 4 is 29.3 Å². The normalized spacial score (nSPS) is 21.1. The maximum absolute atomic E-state index is 12.9. The lowest BCUT2D eigenvalue weighted by atomic mass is 9.71. The molecule has 0 aliphatic carbocycles. The van der Waals surface area contributed by atoms with Crippen LogP contribution in [0.5, 0.6) is 0 Å². The minimum absolute atomic E-state index is 0.0567. The van der Waals surface area contributed by atoms with Gasteiger partial charge in [0.25, 0.3) is 11.3 Å². The van der Waals surface area contributed by atoms with Crippen LogP contribution in [0.1, 0.15) is 32.3 Å². The number of hydrogen-bond acceptors (Lipinski definition) is 9. The Balaban J connectivity index is 2.93. The molecule has 0 saturated heterocycles. The van der Waals surface area contributed by atoms with Crippen LogP contribution in [0.3, 0.4) is 0 Å². The first-order chi connectivity index (χ1) is 13.6. The van der Waals surface area contributed by atoms with E-state index in [0.717, 1.165) is 21.1 Å². The molecule has 0 aromatic heterocycles. The maximum atomic E-state index is 12.9. The van der Waals surface area contributed by atoms with Gasteiger partial charge in [0.15, 0.2) is 0 Å². The lowest BCUT2D eigenvalue weighted by Crippen LogP contribution is -2.57. The quantitative estimate of drug-likeness (QED) is 0.315. The van der Waals surface area contributed by atoms with Crippen LogP contribution in [0.25, 0.3) is 0 Å². The van der Waals surface area contributed by atoms with E-state index in [9.17, 15) is 24.5 Å². The number of nitrogens with zero attached hydrogens (tertiary/aromatic N) is 2. The average molecular weight is 404 g/mol. The molecule has 2 rings (SSSR count). The molecule has 0 spiro atoms. The third kappa shape index (κ3) is 3.73. The first-order valence-corrected chi connectivity index (χ1v) is 8.47. The van der Waals surface area contributed by atoms with Gasteiger partial charge in [-0.3, -0.25) is 19.9 Å². The van der Waals surface area contributed by atoms with Gasteiger partial charge in [-0.2, -0.15) is 0 Å². The number of nitro benzene ring substituents is 1. The summed E-state index contributed by atoms with van der Waals surface area (Å²) in [6, 6.07) is 5.33. The van der Waals surface area contributed by atoms with Crippen molar-refractivity contribution in [2.45, 2.75) is 32.3 Å². The average Bonchev–Trinajstić information content (AvgIpc) is 2.68. The molecular weight excluding hydrogens is 384 g/mol. The van der Waals surface area contributed by atoms with E-state index in [1.54, 1.807) is 0 Å². The number of carbonyl (C=O) groups excluding carboxylic acids is 3. The number of carbonyl (C=O) groups is 3. The Bertz CT molecular complexity index is 949. The zero-order chi connectivity index (χ0) is 21.9. The highest BCUT2D eigenvalue weighted by Crippen LogP contribution is 2.45. The molecule has 10 nitrogen and oxygen atoms in total. The van der Waals surface area contributed by atoms with Gasteiger partial charge in [0.2, 0.25) is 0 Å². The molecule has 29 heavy (non-hydrogen) atoms. The number of ether oxygens (including phenoxy) is 3. The summed E-state index contributed by atoms with van der Waals surface area (Å²) < 4.78 is 15.2. The Morgan fingerprint density at radius 3 is 2.34 bits per heavy atom. The van der Waals surface area contributed by atoms with Crippen molar-refractivity contribution in [3.63, 3.8) is 0 Å². The fourth-order valence-corrected chi connectivity index (χ4v) is 3.43. The van der Waals surface area contributed by atoms with Gasteiger partial charge in [-0.15, -0.1) is 0 Å². The van der Waals surface area contributed by atoms with E-state index in [0.29, 0.717) is 0 Å². The first kappa shape index (κ1) is 21.7. The third-order valence-electron chi connectivity index (χ3n) is 4.57. The second-order valence-corrected chi connectivity index (χ2v) is 6.29. The van der Waals surface area contributed by atoms with Crippen molar-refractivity contribution in [2.75, 3.05) is 14.2 Å². The zero-order valence-electron chi connectivity index (χ0n) is 16.5. The molecule has 0 amide bonds. The molecule has 10 heteroatoms. The monoisotopic (exact) mass is 404 g/mol. The van der Waals surface area contributed by atoms with Gasteiger partial charge < -0.3 is 14.2 Å². The number of hydrogen-bond donors (Lipinski definition) is 0. The summed E-state index contributed by atoms with van der Waals surface area (Å²) in [6.45, 7) is 4.06. The van der Waals surface area contributed by atoms with E-state index in [2.05, 4.69) is 4.99 Å². The molecule has 0 bridgehead atoms. The van der Waals surface area contributed by atoms with Gasteiger partial charge in [-0.1, -0.05) is 12.1 Å². The lowest BCUT2D eigenvalue weighted by molar-refractivity contribution is -0.384. The SMILES string of the molecule is COC(=O)C1=C(C)N=C(C)C(OC(C)=O)(C(=O)OC)C1c1cccc([N+](=O)[O-])c1. The van der Waals surface area contributed by atoms with Crippen LogP contribution >= 0.6 is 0 Å². The molecule has 0 radical (unpaired) electrons. The molecule has 1 heterocycles. The third-order valence-corrected chi connectivity index (χ3v) is 4.57. The summed E-state index contributed by atoms with van der Waals surface area (Å²) >= 11 is 0. The number of allylic oxidation sites excluding steroid dienone is 1. The Kier molecular flexibility index (Phi) is 6.15. The van der Waals surface area contributed by atoms with Crippen LogP contribution < -0.4 is 0 Å². The number of aliphatic imine (C=N–C) groups is 1. The van der Waals surface area contributed by atoms with Gasteiger partial charge in [0.1, 0.15) is 0 Å². The molecule has 0 saturated carbocycles. The van der Waals surface area contributed by atoms with E-state index in [1.807, 2.05) is 0 Å². The number of methoxy groups -OCH3 is 2. The maximum Gasteiger partial charge on any atom is 0.357 e. The van der Waals surface area contributed by atoms with Crippen molar-refractivity contribution < 1.29 is 33.5 Å². The van der Waals surface area contributed by atoms with Crippen molar-refractivity contribution in [2.24, 2.45) is 4.99 Å². The number of nitro groups is 1. The summed E-state index contributed by atoms with van der Waals surface area (Å²) in [5.74, 6) is -3.91. The molecule has 0 N–H and O–H groups in total. The highest BCUT2D eigenvalue weighted by molar-refractivity contribution is 6.15. The van der Waals surface area contributed by atoms with Crippen molar-refractivity contribution in [1.82, 2.24) is 0 Å². The van der Waals surface area contributed by atoms with Crippen LogP contribution in [-0.4, -0.2) is 48.4 Å².